The Labute approximate surface area is 169 Å². The van der Waals surface area contributed by atoms with Crippen molar-refractivity contribution in [2.45, 2.75) is 20.0 Å². The fourth-order valence-corrected chi connectivity index (χ4v) is 2.41. The van der Waals surface area contributed by atoms with Crippen molar-refractivity contribution < 1.29 is 28.6 Å². The quantitative estimate of drug-likeness (QED) is 0.417. The van der Waals surface area contributed by atoms with E-state index >= 15 is 0 Å². The molecule has 29 heavy (non-hydrogen) atoms. The molecule has 0 fully saturated rings. The van der Waals surface area contributed by atoms with Gasteiger partial charge in [0.15, 0.2) is 11.9 Å². The number of hydrogen-bond acceptors (Lipinski definition) is 6. The van der Waals surface area contributed by atoms with Crippen LogP contribution in [0.3, 0.4) is 0 Å². The van der Waals surface area contributed by atoms with Crippen molar-refractivity contribution >= 4 is 29.4 Å². The number of ether oxygens (including phenoxy) is 3. The third kappa shape index (κ3) is 6.21. The van der Waals surface area contributed by atoms with E-state index in [1.165, 1.54) is 33.1 Å². The highest BCUT2D eigenvalue weighted by Crippen LogP contribution is 2.25. The number of anilines is 1. The summed E-state index contributed by atoms with van der Waals surface area (Å²) in [5.74, 6) is -0.0522. The molecule has 0 aliphatic heterocycles. The summed E-state index contributed by atoms with van der Waals surface area (Å²) >= 11 is 0. The average molecular weight is 397 g/mol. The van der Waals surface area contributed by atoms with Gasteiger partial charge >= 0.3 is 5.97 Å². The van der Waals surface area contributed by atoms with Crippen molar-refractivity contribution in [2.75, 3.05) is 19.5 Å². The molecule has 0 bridgehead atoms. The Morgan fingerprint density at radius 1 is 1.00 bits per heavy atom. The number of nitrogens with one attached hydrogen (secondary N) is 1. The van der Waals surface area contributed by atoms with Crippen molar-refractivity contribution in [3.8, 4) is 11.5 Å². The number of benzene rings is 2. The van der Waals surface area contributed by atoms with E-state index in [1.54, 1.807) is 49.6 Å². The van der Waals surface area contributed by atoms with Gasteiger partial charge in [-0.05, 0) is 56.3 Å². The number of amides is 1. The van der Waals surface area contributed by atoms with E-state index in [1.807, 2.05) is 0 Å². The van der Waals surface area contributed by atoms with Crippen LogP contribution in [0.4, 0.5) is 5.69 Å². The monoisotopic (exact) mass is 397 g/mol. The Morgan fingerprint density at radius 3 is 2.28 bits per heavy atom. The Hall–Kier alpha value is -3.61. The molecule has 0 saturated carbocycles. The summed E-state index contributed by atoms with van der Waals surface area (Å²) in [6.45, 7) is 2.93. The summed E-state index contributed by atoms with van der Waals surface area (Å²) in [7, 11) is 3.06. The predicted octanol–water partition coefficient (Wildman–Crippen LogP) is 3.49. The van der Waals surface area contributed by atoms with E-state index in [0.29, 0.717) is 28.3 Å². The molecular weight excluding hydrogens is 374 g/mol. The largest absolute Gasteiger partial charge is 0.497 e. The summed E-state index contributed by atoms with van der Waals surface area (Å²) in [5.41, 5.74) is 1.70. The van der Waals surface area contributed by atoms with Crippen molar-refractivity contribution in [2.24, 2.45) is 0 Å². The molecule has 1 atom stereocenters. The van der Waals surface area contributed by atoms with Crippen LogP contribution in [-0.2, 0) is 14.3 Å². The van der Waals surface area contributed by atoms with Gasteiger partial charge in [0, 0.05) is 29.0 Å². The first kappa shape index (κ1) is 21.7. The van der Waals surface area contributed by atoms with E-state index in [-0.39, 0.29) is 5.78 Å². The minimum absolute atomic E-state index is 0.0644. The lowest BCUT2D eigenvalue weighted by atomic mass is 10.1. The maximum atomic E-state index is 12.2. The number of Topliss-reactive ketones (excluding diaryl/α,β-unsaturated/α-hetero) is 1. The van der Waals surface area contributed by atoms with E-state index in [2.05, 4.69) is 5.32 Å². The van der Waals surface area contributed by atoms with Gasteiger partial charge in [0.25, 0.3) is 5.91 Å². The van der Waals surface area contributed by atoms with Gasteiger partial charge in [0.05, 0.1) is 14.2 Å². The zero-order chi connectivity index (χ0) is 21.4. The van der Waals surface area contributed by atoms with E-state index in [9.17, 15) is 14.4 Å². The maximum absolute atomic E-state index is 12.2. The molecule has 0 aliphatic rings. The Bertz CT molecular complexity index is 917. The van der Waals surface area contributed by atoms with Gasteiger partial charge in [-0.15, -0.1) is 0 Å². The maximum Gasteiger partial charge on any atom is 0.331 e. The second kappa shape index (κ2) is 10.1. The molecule has 0 spiro atoms. The lowest BCUT2D eigenvalue weighted by molar-refractivity contribution is -0.148. The number of esters is 1. The second-order valence-corrected chi connectivity index (χ2v) is 6.14. The Morgan fingerprint density at radius 2 is 1.69 bits per heavy atom. The number of hydrogen-bond donors (Lipinski definition) is 1. The van der Waals surface area contributed by atoms with E-state index in [4.69, 9.17) is 14.2 Å². The SMILES string of the molecule is COc1ccc(/C=C/C(=O)O[C@H](C)C(=O)Nc2ccc(C(C)=O)cc2)c(OC)c1. The van der Waals surface area contributed by atoms with Gasteiger partial charge in [-0.2, -0.15) is 0 Å². The number of methoxy groups -OCH3 is 2. The molecule has 0 radical (unpaired) electrons. The lowest BCUT2D eigenvalue weighted by Gasteiger charge is -2.12. The third-order valence-electron chi connectivity index (χ3n) is 4.06. The lowest BCUT2D eigenvalue weighted by Crippen LogP contribution is -2.29. The highest BCUT2D eigenvalue weighted by atomic mass is 16.5. The van der Waals surface area contributed by atoms with Gasteiger partial charge in [0.2, 0.25) is 0 Å². The molecular formula is C22H23NO6. The van der Waals surface area contributed by atoms with Crippen molar-refractivity contribution in [3.63, 3.8) is 0 Å². The average Bonchev–Trinajstić information content (AvgIpc) is 2.72. The van der Waals surface area contributed by atoms with Crippen LogP contribution >= 0.6 is 0 Å². The van der Waals surface area contributed by atoms with Crippen molar-refractivity contribution in [1.82, 2.24) is 0 Å². The molecule has 2 rings (SSSR count). The van der Waals surface area contributed by atoms with Crippen LogP contribution in [0.2, 0.25) is 0 Å². The zero-order valence-electron chi connectivity index (χ0n) is 16.7. The predicted molar refractivity (Wildman–Crippen MR) is 109 cm³/mol. The van der Waals surface area contributed by atoms with Crippen LogP contribution in [0.5, 0.6) is 11.5 Å². The van der Waals surface area contributed by atoms with Gasteiger partial charge in [0.1, 0.15) is 11.5 Å². The van der Waals surface area contributed by atoms with E-state index in [0.717, 1.165) is 0 Å². The zero-order valence-corrected chi connectivity index (χ0v) is 16.7. The minimum atomic E-state index is -1.00. The number of ketones is 1. The topological polar surface area (TPSA) is 90.9 Å². The number of carbonyl (C=O) groups is 3. The summed E-state index contributed by atoms with van der Waals surface area (Å²) in [4.78, 5) is 35.5. The molecule has 0 aliphatic carbocycles. The van der Waals surface area contributed by atoms with E-state index < -0.39 is 18.0 Å². The molecule has 1 amide bonds. The van der Waals surface area contributed by atoms with Crippen LogP contribution in [0, 0.1) is 0 Å². The highest BCUT2D eigenvalue weighted by molar-refractivity contribution is 5.98. The fourth-order valence-electron chi connectivity index (χ4n) is 2.41. The molecule has 7 nitrogen and oxygen atoms in total. The number of rotatable bonds is 8. The molecule has 152 valence electrons. The normalized spacial score (nSPS) is 11.6. The van der Waals surface area contributed by atoms with Crippen LogP contribution in [0.15, 0.2) is 48.5 Å². The summed E-state index contributed by atoms with van der Waals surface area (Å²) in [6, 6.07) is 11.6. The Balaban J connectivity index is 1.95. The van der Waals surface area contributed by atoms with Crippen LogP contribution in [0.25, 0.3) is 6.08 Å². The highest BCUT2D eigenvalue weighted by Gasteiger charge is 2.17. The molecule has 0 heterocycles. The number of carbonyl (C=O) groups excluding carboxylic acids is 3. The smallest absolute Gasteiger partial charge is 0.331 e. The van der Waals surface area contributed by atoms with Crippen LogP contribution < -0.4 is 14.8 Å². The first-order valence-corrected chi connectivity index (χ1v) is 8.86. The fraction of sp³-hybridized carbons (Fsp3) is 0.227. The van der Waals surface area contributed by atoms with Gasteiger partial charge in [-0.1, -0.05) is 0 Å². The Kier molecular flexibility index (Phi) is 7.54. The molecule has 0 saturated heterocycles. The summed E-state index contributed by atoms with van der Waals surface area (Å²) < 4.78 is 15.5. The molecule has 2 aromatic rings. The second-order valence-electron chi connectivity index (χ2n) is 6.14. The molecule has 7 heteroatoms. The van der Waals surface area contributed by atoms with Gasteiger partial charge in [-0.25, -0.2) is 4.79 Å². The van der Waals surface area contributed by atoms with Crippen molar-refractivity contribution in [1.29, 1.82) is 0 Å². The molecule has 1 N–H and O–H groups in total. The molecule has 0 aromatic heterocycles. The van der Waals surface area contributed by atoms with Gasteiger partial charge in [-0.3, -0.25) is 9.59 Å². The molecule has 2 aromatic carbocycles. The van der Waals surface area contributed by atoms with Crippen LogP contribution in [0.1, 0.15) is 29.8 Å². The van der Waals surface area contributed by atoms with Crippen LogP contribution in [-0.4, -0.2) is 38.0 Å². The summed E-state index contributed by atoms with van der Waals surface area (Å²) in [6.07, 6.45) is 1.75. The minimum Gasteiger partial charge on any atom is -0.497 e. The van der Waals surface area contributed by atoms with Crippen molar-refractivity contribution in [3.05, 3.63) is 59.7 Å². The summed E-state index contributed by atoms with van der Waals surface area (Å²) in [5, 5.41) is 2.63. The standard InChI is InChI=1S/C22H23NO6/c1-14(24)16-5-9-18(10-6-16)23-22(26)15(2)29-21(25)12-8-17-7-11-19(27-3)13-20(17)28-4/h5-13,15H,1-4H3,(H,23,26)/b12-8+/t15-/m1/s1. The first-order valence-electron chi connectivity index (χ1n) is 8.86. The third-order valence-corrected chi connectivity index (χ3v) is 4.06. The van der Waals surface area contributed by atoms with Gasteiger partial charge < -0.3 is 19.5 Å². The molecule has 0 unspecified atom stereocenters. The first-order chi connectivity index (χ1) is 13.8.